The fraction of sp³-hybridized carbons (Fsp3) is 0.421. The average Bonchev–Trinajstić information content (AvgIpc) is 2.89. The molecule has 7 nitrogen and oxygen atoms in total. The van der Waals surface area contributed by atoms with Gasteiger partial charge < -0.3 is 10.2 Å². The fourth-order valence-corrected chi connectivity index (χ4v) is 4.42. The zero-order valence-corrected chi connectivity index (χ0v) is 14.7. The van der Waals surface area contributed by atoms with E-state index in [9.17, 15) is 19.8 Å². The van der Waals surface area contributed by atoms with Crippen LogP contribution in [0.2, 0.25) is 0 Å². The summed E-state index contributed by atoms with van der Waals surface area (Å²) in [4.78, 5) is 25.3. The summed E-state index contributed by atoms with van der Waals surface area (Å²) < 4.78 is 0. The van der Waals surface area contributed by atoms with Gasteiger partial charge in [-0.15, -0.1) is 0 Å². The minimum absolute atomic E-state index is 0.219. The summed E-state index contributed by atoms with van der Waals surface area (Å²) in [6, 6.07) is 6.19. The zero-order valence-electron chi connectivity index (χ0n) is 14.7. The smallest absolute Gasteiger partial charge is 0.312 e. The van der Waals surface area contributed by atoms with Crippen molar-refractivity contribution >= 4 is 11.9 Å². The number of carboxylic acid groups (broad SMARTS) is 2. The Labute approximate surface area is 150 Å². The van der Waals surface area contributed by atoms with Gasteiger partial charge in [-0.2, -0.15) is 5.10 Å². The predicted octanol–water partition coefficient (Wildman–Crippen LogP) is 2.05. The number of aliphatic carboxylic acids is 2. The normalized spacial score (nSPS) is 27.3. The van der Waals surface area contributed by atoms with Crippen LogP contribution in [-0.2, 0) is 16.1 Å². The van der Waals surface area contributed by atoms with Crippen LogP contribution in [0.3, 0.4) is 0 Å². The minimum Gasteiger partial charge on any atom is -0.481 e. The van der Waals surface area contributed by atoms with E-state index in [1.54, 1.807) is 6.20 Å². The van der Waals surface area contributed by atoms with Crippen LogP contribution in [0.1, 0.15) is 23.1 Å². The van der Waals surface area contributed by atoms with Crippen LogP contribution < -0.4 is 0 Å². The third-order valence-electron chi connectivity index (χ3n) is 5.97. The van der Waals surface area contributed by atoms with Crippen molar-refractivity contribution in [2.24, 2.45) is 10.8 Å². The molecule has 1 aromatic carbocycles. The summed E-state index contributed by atoms with van der Waals surface area (Å²) in [5, 5.41) is 26.3. The van der Waals surface area contributed by atoms with Gasteiger partial charge >= 0.3 is 11.9 Å². The molecule has 0 unspecified atom stereocenters. The van der Waals surface area contributed by atoms with E-state index in [1.807, 2.05) is 18.7 Å². The van der Waals surface area contributed by atoms with E-state index in [0.29, 0.717) is 6.54 Å². The number of H-pyrrole nitrogens is 1. The number of fused-ring (bicyclic) bond motifs is 1. The number of carbonyl (C=O) groups is 2. The molecule has 0 bridgehead atoms. The molecule has 7 heteroatoms. The molecular formula is C19H21N3O4. The highest BCUT2D eigenvalue weighted by molar-refractivity contribution is 5.94. The second-order valence-electron chi connectivity index (χ2n) is 7.69. The van der Waals surface area contributed by atoms with Gasteiger partial charge in [-0.3, -0.25) is 19.6 Å². The molecular weight excluding hydrogens is 334 g/mol. The Hall–Kier alpha value is -2.67. The number of aromatic amines is 1. The average molecular weight is 355 g/mol. The first-order valence-electron chi connectivity index (χ1n) is 8.58. The van der Waals surface area contributed by atoms with Crippen LogP contribution in [0, 0.1) is 24.7 Å². The largest absolute Gasteiger partial charge is 0.481 e. The molecule has 136 valence electrons. The number of benzene rings is 1. The van der Waals surface area contributed by atoms with Gasteiger partial charge in [0.15, 0.2) is 0 Å². The van der Waals surface area contributed by atoms with Gasteiger partial charge in [-0.25, -0.2) is 0 Å². The lowest BCUT2D eigenvalue weighted by Gasteiger charge is -2.19. The molecule has 1 aliphatic heterocycles. The Morgan fingerprint density at radius 3 is 2.46 bits per heavy atom. The summed E-state index contributed by atoms with van der Waals surface area (Å²) in [7, 11) is 0. The molecule has 1 saturated carbocycles. The van der Waals surface area contributed by atoms with Crippen molar-refractivity contribution in [1.29, 1.82) is 0 Å². The molecule has 1 saturated heterocycles. The van der Waals surface area contributed by atoms with Gasteiger partial charge in [0.2, 0.25) is 0 Å². The number of nitrogens with zero attached hydrogens (tertiary/aromatic N) is 2. The fourth-order valence-electron chi connectivity index (χ4n) is 4.42. The maximum absolute atomic E-state index is 11.7. The number of aryl methyl sites for hydroxylation is 2. The van der Waals surface area contributed by atoms with Crippen molar-refractivity contribution in [2.75, 3.05) is 13.1 Å². The molecule has 1 aliphatic carbocycles. The summed E-state index contributed by atoms with van der Waals surface area (Å²) in [5.74, 6) is -2.02. The summed E-state index contributed by atoms with van der Waals surface area (Å²) in [6.07, 6.45) is 1.96. The molecule has 0 amide bonds. The molecule has 3 N–H and O–H groups in total. The van der Waals surface area contributed by atoms with Gasteiger partial charge in [0, 0.05) is 30.8 Å². The van der Waals surface area contributed by atoms with E-state index in [0.717, 1.165) is 27.9 Å². The third-order valence-corrected chi connectivity index (χ3v) is 5.97. The van der Waals surface area contributed by atoms with E-state index in [4.69, 9.17) is 0 Å². The van der Waals surface area contributed by atoms with Crippen molar-refractivity contribution in [1.82, 2.24) is 15.1 Å². The van der Waals surface area contributed by atoms with Crippen LogP contribution in [0.5, 0.6) is 0 Å². The molecule has 1 aromatic heterocycles. The van der Waals surface area contributed by atoms with E-state index in [1.165, 1.54) is 0 Å². The lowest BCUT2D eigenvalue weighted by molar-refractivity contribution is -0.151. The van der Waals surface area contributed by atoms with Gasteiger partial charge in [0.25, 0.3) is 0 Å². The molecule has 2 fully saturated rings. The lowest BCUT2D eigenvalue weighted by Crippen LogP contribution is -2.28. The van der Waals surface area contributed by atoms with Gasteiger partial charge in [0.1, 0.15) is 0 Å². The maximum atomic E-state index is 11.7. The molecule has 2 atom stereocenters. The molecule has 0 radical (unpaired) electrons. The van der Waals surface area contributed by atoms with Crippen LogP contribution in [-0.4, -0.2) is 50.3 Å². The van der Waals surface area contributed by atoms with Crippen molar-refractivity contribution in [3.63, 3.8) is 0 Å². The second-order valence-corrected chi connectivity index (χ2v) is 7.69. The van der Waals surface area contributed by atoms with Crippen LogP contribution in [0.15, 0.2) is 24.4 Å². The monoisotopic (exact) mass is 355 g/mol. The Morgan fingerprint density at radius 1 is 1.19 bits per heavy atom. The SMILES string of the molecule is Cc1ccc(C)c(-c2[nH]ncc2CN2C[C@@]3(C(=O)O)C[C@@]3(C(=O)O)C2)c1. The molecule has 26 heavy (non-hydrogen) atoms. The van der Waals surface area contributed by atoms with E-state index in [-0.39, 0.29) is 19.5 Å². The minimum atomic E-state index is -1.15. The lowest BCUT2D eigenvalue weighted by atomic mass is 9.97. The first-order chi connectivity index (χ1) is 12.3. The Bertz CT molecular complexity index is 893. The molecule has 4 rings (SSSR count). The number of likely N-dealkylation sites (tertiary alicyclic amines) is 1. The number of rotatable bonds is 5. The second kappa shape index (κ2) is 5.41. The summed E-state index contributed by atoms with van der Waals surface area (Å²) in [6.45, 7) is 5.05. The number of nitrogens with one attached hydrogen (secondary N) is 1. The maximum Gasteiger partial charge on any atom is 0.312 e. The number of hydrogen-bond donors (Lipinski definition) is 3. The van der Waals surface area contributed by atoms with Crippen molar-refractivity contribution in [3.05, 3.63) is 41.1 Å². The molecule has 2 aliphatic rings. The Kier molecular flexibility index (Phi) is 3.49. The summed E-state index contributed by atoms with van der Waals surface area (Å²) in [5.41, 5.74) is 2.87. The van der Waals surface area contributed by atoms with E-state index in [2.05, 4.69) is 28.4 Å². The van der Waals surface area contributed by atoms with Gasteiger partial charge in [-0.05, 0) is 31.9 Å². The van der Waals surface area contributed by atoms with Crippen molar-refractivity contribution in [2.45, 2.75) is 26.8 Å². The van der Waals surface area contributed by atoms with Gasteiger partial charge in [-0.1, -0.05) is 17.7 Å². The molecule has 2 aromatic rings. The first-order valence-corrected chi connectivity index (χ1v) is 8.58. The Morgan fingerprint density at radius 2 is 1.85 bits per heavy atom. The highest BCUT2D eigenvalue weighted by atomic mass is 16.4. The third kappa shape index (κ3) is 2.20. The van der Waals surface area contributed by atoms with Crippen LogP contribution in [0.25, 0.3) is 11.3 Å². The number of aromatic nitrogens is 2. The highest BCUT2D eigenvalue weighted by Gasteiger charge is 2.80. The topological polar surface area (TPSA) is 107 Å². The van der Waals surface area contributed by atoms with Gasteiger partial charge in [0.05, 0.1) is 22.7 Å². The quantitative estimate of drug-likeness (QED) is 0.758. The number of carboxylic acids is 2. The highest BCUT2D eigenvalue weighted by Crippen LogP contribution is 2.68. The van der Waals surface area contributed by atoms with Crippen molar-refractivity contribution in [3.8, 4) is 11.3 Å². The number of hydrogen-bond acceptors (Lipinski definition) is 4. The van der Waals surface area contributed by atoms with Crippen LogP contribution >= 0.6 is 0 Å². The van der Waals surface area contributed by atoms with Crippen LogP contribution in [0.4, 0.5) is 0 Å². The van der Waals surface area contributed by atoms with E-state index < -0.39 is 22.8 Å². The first kappa shape index (κ1) is 16.8. The number of piperidine rings is 1. The zero-order chi connectivity index (χ0) is 18.7. The van der Waals surface area contributed by atoms with E-state index >= 15 is 0 Å². The molecule has 0 spiro atoms. The Balaban J connectivity index is 1.61. The standard InChI is InChI=1S/C19H21N3O4/c1-11-3-4-12(2)14(5-11)15-13(6-20-21-15)7-22-9-18(16(23)24)8-19(18,10-22)17(25)26/h3-6H,7-10H2,1-2H3,(H,20,21)(H,23,24)(H,25,26)/t18-,19+. The summed E-state index contributed by atoms with van der Waals surface area (Å²) >= 11 is 0. The molecule has 2 heterocycles. The predicted molar refractivity (Wildman–Crippen MR) is 93.5 cm³/mol. The van der Waals surface area contributed by atoms with Crippen molar-refractivity contribution < 1.29 is 19.8 Å².